The van der Waals surface area contributed by atoms with Crippen molar-refractivity contribution in [3.63, 3.8) is 0 Å². The molecule has 102 valence electrons. The van der Waals surface area contributed by atoms with E-state index in [0.29, 0.717) is 17.5 Å². The van der Waals surface area contributed by atoms with Crippen LogP contribution < -0.4 is 0 Å². The third-order valence-electron chi connectivity index (χ3n) is 2.51. The second kappa shape index (κ2) is 6.68. The van der Waals surface area contributed by atoms with E-state index in [2.05, 4.69) is 10.1 Å². The largest absolute Gasteiger partial charge is 0.396 e. The molecule has 0 saturated carbocycles. The van der Waals surface area contributed by atoms with Crippen molar-refractivity contribution in [3.8, 4) is 11.4 Å². The zero-order valence-corrected chi connectivity index (χ0v) is 11.4. The Morgan fingerprint density at radius 2 is 2.11 bits per heavy atom. The molecule has 4 nitrogen and oxygen atoms in total. The predicted octanol–water partition coefficient (Wildman–Crippen LogP) is 2.74. The summed E-state index contributed by atoms with van der Waals surface area (Å²) in [6, 6.07) is 5.96. The van der Waals surface area contributed by atoms with Gasteiger partial charge in [0, 0.05) is 12.2 Å². The summed E-state index contributed by atoms with van der Waals surface area (Å²) >= 11 is 1.63. The minimum atomic E-state index is -0.291. The first-order valence-corrected chi connectivity index (χ1v) is 7.11. The molecular formula is C13H15FN2O2S. The van der Waals surface area contributed by atoms with Gasteiger partial charge in [0.05, 0.1) is 5.75 Å². The summed E-state index contributed by atoms with van der Waals surface area (Å²) in [4.78, 5) is 4.25. The summed E-state index contributed by atoms with van der Waals surface area (Å²) in [6.07, 6.45) is 0. The van der Waals surface area contributed by atoms with Gasteiger partial charge in [-0.3, -0.25) is 0 Å². The summed E-state index contributed by atoms with van der Waals surface area (Å²) in [5.74, 6) is 2.41. The Kier molecular flexibility index (Phi) is 4.93. The molecule has 6 heteroatoms. The van der Waals surface area contributed by atoms with Crippen LogP contribution in [0.3, 0.4) is 0 Å². The molecule has 0 aliphatic heterocycles. The Morgan fingerprint density at radius 3 is 2.79 bits per heavy atom. The molecule has 0 aliphatic carbocycles. The lowest BCUT2D eigenvalue weighted by atomic mass is 10.2. The molecule has 1 aromatic carbocycles. The van der Waals surface area contributed by atoms with E-state index in [1.165, 1.54) is 12.1 Å². The fourth-order valence-corrected chi connectivity index (χ4v) is 2.35. The van der Waals surface area contributed by atoms with E-state index in [1.54, 1.807) is 23.9 Å². The van der Waals surface area contributed by atoms with Crippen molar-refractivity contribution in [2.24, 2.45) is 5.92 Å². The van der Waals surface area contributed by atoms with Crippen LogP contribution in [-0.4, -0.2) is 27.6 Å². The van der Waals surface area contributed by atoms with E-state index in [4.69, 9.17) is 9.63 Å². The zero-order valence-electron chi connectivity index (χ0n) is 10.5. The number of thioether (sulfide) groups is 1. The highest BCUT2D eigenvalue weighted by molar-refractivity contribution is 7.98. The molecule has 1 N–H and O–H groups in total. The Labute approximate surface area is 115 Å². The van der Waals surface area contributed by atoms with Crippen molar-refractivity contribution < 1.29 is 14.0 Å². The highest BCUT2D eigenvalue weighted by Crippen LogP contribution is 2.19. The van der Waals surface area contributed by atoms with Crippen LogP contribution >= 0.6 is 11.8 Å². The van der Waals surface area contributed by atoms with Gasteiger partial charge in [-0.05, 0) is 35.9 Å². The Balaban J connectivity index is 1.93. The number of aromatic nitrogens is 2. The van der Waals surface area contributed by atoms with Crippen molar-refractivity contribution in [3.05, 3.63) is 36.0 Å². The number of hydrogen-bond donors (Lipinski definition) is 1. The fourth-order valence-electron chi connectivity index (χ4n) is 1.43. The molecule has 0 amide bonds. The molecule has 0 fully saturated rings. The van der Waals surface area contributed by atoms with Crippen molar-refractivity contribution in [2.45, 2.75) is 12.7 Å². The molecule has 0 spiro atoms. The predicted molar refractivity (Wildman–Crippen MR) is 72.1 cm³/mol. The number of nitrogens with zero attached hydrogens (tertiary/aromatic N) is 2. The maximum absolute atomic E-state index is 12.8. The number of aliphatic hydroxyl groups is 1. The topological polar surface area (TPSA) is 59.2 Å². The first-order chi connectivity index (χ1) is 9.19. The molecule has 2 rings (SSSR count). The average Bonchev–Trinajstić information content (AvgIpc) is 2.88. The van der Waals surface area contributed by atoms with Gasteiger partial charge in [-0.15, -0.1) is 0 Å². The van der Waals surface area contributed by atoms with Gasteiger partial charge in [-0.1, -0.05) is 12.1 Å². The van der Waals surface area contributed by atoms with Crippen LogP contribution in [0.15, 0.2) is 28.8 Å². The molecule has 1 unspecified atom stereocenters. The van der Waals surface area contributed by atoms with Gasteiger partial charge in [0.1, 0.15) is 5.82 Å². The Hall–Kier alpha value is -1.40. The molecular weight excluding hydrogens is 267 g/mol. The van der Waals surface area contributed by atoms with Gasteiger partial charge >= 0.3 is 0 Å². The molecule has 0 bridgehead atoms. The van der Waals surface area contributed by atoms with E-state index in [1.807, 2.05) is 6.92 Å². The van der Waals surface area contributed by atoms with Gasteiger partial charge < -0.3 is 9.63 Å². The second-order valence-corrected chi connectivity index (χ2v) is 5.35. The summed E-state index contributed by atoms with van der Waals surface area (Å²) in [6.45, 7) is 2.16. The van der Waals surface area contributed by atoms with Crippen LogP contribution in [0.5, 0.6) is 0 Å². The normalized spacial score (nSPS) is 12.6. The average molecular weight is 282 g/mol. The van der Waals surface area contributed by atoms with E-state index in [-0.39, 0.29) is 18.3 Å². The molecule has 1 aromatic heterocycles. The first kappa shape index (κ1) is 14.0. The summed E-state index contributed by atoms with van der Waals surface area (Å²) in [7, 11) is 0. The maximum atomic E-state index is 12.8. The monoisotopic (exact) mass is 282 g/mol. The number of aliphatic hydroxyl groups excluding tert-OH is 1. The molecule has 1 heterocycles. The summed E-state index contributed by atoms with van der Waals surface area (Å²) in [5, 5.41) is 12.8. The number of rotatable bonds is 6. The number of hydrogen-bond acceptors (Lipinski definition) is 5. The van der Waals surface area contributed by atoms with Crippen molar-refractivity contribution >= 4 is 11.8 Å². The van der Waals surface area contributed by atoms with Crippen molar-refractivity contribution in [1.29, 1.82) is 0 Å². The lowest BCUT2D eigenvalue weighted by molar-refractivity contribution is 0.250. The van der Waals surface area contributed by atoms with Gasteiger partial charge in [-0.2, -0.15) is 16.7 Å². The fraction of sp³-hybridized carbons (Fsp3) is 0.385. The number of benzene rings is 1. The quantitative estimate of drug-likeness (QED) is 0.882. The van der Waals surface area contributed by atoms with Crippen LogP contribution in [-0.2, 0) is 5.75 Å². The van der Waals surface area contributed by atoms with Gasteiger partial charge in [0.2, 0.25) is 11.7 Å². The van der Waals surface area contributed by atoms with E-state index in [9.17, 15) is 4.39 Å². The summed E-state index contributed by atoms with van der Waals surface area (Å²) in [5.41, 5.74) is 0.727. The first-order valence-electron chi connectivity index (χ1n) is 5.96. The van der Waals surface area contributed by atoms with E-state index in [0.717, 1.165) is 11.3 Å². The van der Waals surface area contributed by atoms with E-state index >= 15 is 0 Å². The van der Waals surface area contributed by atoms with Crippen LogP contribution in [0.25, 0.3) is 11.4 Å². The lowest BCUT2D eigenvalue weighted by Gasteiger charge is -2.04. The van der Waals surface area contributed by atoms with Crippen molar-refractivity contribution in [2.75, 3.05) is 12.4 Å². The third-order valence-corrected chi connectivity index (χ3v) is 3.77. The van der Waals surface area contributed by atoms with Gasteiger partial charge in [0.25, 0.3) is 0 Å². The molecule has 0 aliphatic rings. The van der Waals surface area contributed by atoms with Crippen LogP contribution in [0.4, 0.5) is 4.39 Å². The van der Waals surface area contributed by atoms with E-state index < -0.39 is 0 Å². The minimum absolute atomic E-state index is 0.178. The molecule has 2 aromatic rings. The van der Waals surface area contributed by atoms with Crippen LogP contribution in [0, 0.1) is 11.7 Å². The molecule has 1 atom stereocenters. The lowest BCUT2D eigenvalue weighted by Crippen LogP contribution is -2.03. The molecule has 0 radical (unpaired) electrons. The minimum Gasteiger partial charge on any atom is -0.396 e. The third kappa shape index (κ3) is 4.04. The Morgan fingerprint density at radius 1 is 1.37 bits per heavy atom. The van der Waals surface area contributed by atoms with Crippen LogP contribution in [0.2, 0.25) is 0 Å². The standard InChI is InChI=1S/C13H15FN2O2S/c1-9(6-17)7-19-8-12-15-13(16-18-12)10-2-4-11(14)5-3-10/h2-5,9,17H,6-8H2,1H3. The van der Waals surface area contributed by atoms with Crippen molar-refractivity contribution in [1.82, 2.24) is 10.1 Å². The highest BCUT2D eigenvalue weighted by atomic mass is 32.2. The number of halogens is 1. The van der Waals surface area contributed by atoms with Crippen LogP contribution in [0.1, 0.15) is 12.8 Å². The molecule has 0 saturated heterocycles. The smallest absolute Gasteiger partial charge is 0.236 e. The maximum Gasteiger partial charge on any atom is 0.236 e. The second-order valence-electron chi connectivity index (χ2n) is 4.32. The molecule has 19 heavy (non-hydrogen) atoms. The zero-order chi connectivity index (χ0) is 13.7. The van der Waals surface area contributed by atoms with Gasteiger partial charge in [-0.25, -0.2) is 4.39 Å². The highest BCUT2D eigenvalue weighted by Gasteiger charge is 2.09. The summed E-state index contributed by atoms with van der Waals surface area (Å²) < 4.78 is 17.9. The van der Waals surface area contributed by atoms with Gasteiger partial charge in [0.15, 0.2) is 0 Å². The SMILES string of the molecule is CC(CO)CSCc1nc(-c2ccc(F)cc2)no1. The Bertz CT molecular complexity index is 516.